The van der Waals surface area contributed by atoms with Crippen molar-refractivity contribution in [2.75, 3.05) is 9.80 Å². The minimum atomic E-state index is 0.0591. The van der Waals surface area contributed by atoms with E-state index in [1.807, 2.05) is 0 Å². The van der Waals surface area contributed by atoms with E-state index >= 15 is 0 Å². The molecule has 588 valence electrons. The van der Waals surface area contributed by atoms with Crippen molar-refractivity contribution in [3.8, 4) is 55.6 Å². The van der Waals surface area contributed by atoms with Crippen molar-refractivity contribution in [1.82, 2.24) is 0 Å². The van der Waals surface area contributed by atoms with Crippen LogP contribution in [-0.2, 0) is 16.2 Å². The van der Waals surface area contributed by atoms with Crippen LogP contribution >= 0.6 is 0 Å². The molecule has 0 radical (unpaired) electrons. The molecule has 21 rings (SSSR count). The maximum atomic E-state index is 2.44. The highest BCUT2D eigenvalue weighted by Crippen LogP contribution is 2.50. The number of anilines is 6. The van der Waals surface area contributed by atoms with Gasteiger partial charge < -0.3 is 9.80 Å². The summed E-state index contributed by atoms with van der Waals surface area (Å²) in [4.78, 5) is 4.64. The van der Waals surface area contributed by atoms with Crippen molar-refractivity contribution < 1.29 is 0 Å². The summed E-state index contributed by atoms with van der Waals surface area (Å²) in [6.07, 6.45) is 0. The van der Waals surface area contributed by atoms with Crippen LogP contribution in [0.1, 0.15) is 79.0 Å². The molecule has 0 amide bonds. The van der Waals surface area contributed by atoms with Gasteiger partial charge in [0, 0.05) is 34.1 Å². The predicted octanol–water partition coefficient (Wildman–Crippen LogP) is 34.6. The standard InChI is InChI=1S/C44H32N2.C38H30.C38H36/c1-3-15-39(16-4-1)45(43-29-23-33-11-7-9-13-37(33)31-43)41-25-19-35(20-26-41)36-21-27-42(28-22-36)46(40-17-5-2-6-18-40)44-30-24-34-12-8-10-14-38(34)32-44;1-38(2,3)31-20-21-34-35(24-31)37(30-19-17-26-11-5-7-13-28(26)23-30)33-15-9-8-14-32(33)36(34)29-18-16-25-10-4-6-12-27(25)22-29;1-37(2,3)29-19-15-25(16-20-29)35-31-13-9-10-14-32(31)36(26-17-21-30(22-18-26)38(4,5)6)34-24-28-12-8-7-11-27(28)23-33(34)35/h1-32H;4-24H,1-3H3;7-24H,1-6H3. The van der Waals surface area contributed by atoms with Crippen molar-refractivity contribution >= 4 is 131 Å². The summed E-state index contributed by atoms with van der Waals surface area (Å²) in [5.74, 6) is 0. The van der Waals surface area contributed by atoms with Gasteiger partial charge in [0.1, 0.15) is 0 Å². The molecule has 0 spiro atoms. The van der Waals surface area contributed by atoms with Crippen LogP contribution in [0, 0.1) is 0 Å². The lowest BCUT2D eigenvalue weighted by molar-refractivity contribution is 0.590. The summed E-state index contributed by atoms with van der Waals surface area (Å²) in [5.41, 5.74) is 23.8. The lowest BCUT2D eigenvalue weighted by Crippen LogP contribution is -2.10. The molecule has 0 saturated heterocycles. The first-order valence-electron chi connectivity index (χ1n) is 42.8. The van der Waals surface area contributed by atoms with E-state index in [4.69, 9.17) is 0 Å². The zero-order valence-electron chi connectivity index (χ0n) is 70.9. The lowest BCUT2D eigenvalue weighted by Gasteiger charge is -2.26. The maximum Gasteiger partial charge on any atom is 0.0468 e. The molecule has 0 fully saturated rings. The van der Waals surface area contributed by atoms with Crippen LogP contribution < -0.4 is 9.80 Å². The molecule has 21 aromatic rings. The summed E-state index contributed by atoms with van der Waals surface area (Å²) in [6.45, 7) is 20.6. The Balaban J connectivity index is 0.000000121. The van der Waals surface area contributed by atoms with Gasteiger partial charge in [-0.1, -0.05) is 390 Å². The zero-order chi connectivity index (χ0) is 83.2. The largest absolute Gasteiger partial charge is 0.310 e. The van der Waals surface area contributed by atoms with E-state index < -0.39 is 0 Å². The molecular weight excluding hydrogens is 1470 g/mol. The van der Waals surface area contributed by atoms with Gasteiger partial charge in [-0.15, -0.1) is 0 Å². The molecule has 0 aliphatic carbocycles. The fourth-order valence-electron chi connectivity index (χ4n) is 18.0. The molecule has 0 heterocycles. The number of nitrogens with zero attached hydrogens (tertiary/aromatic N) is 2. The summed E-state index contributed by atoms with van der Waals surface area (Å²) in [7, 11) is 0. The highest BCUT2D eigenvalue weighted by Gasteiger charge is 2.25. The van der Waals surface area contributed by atoms with Crippen LogP contribution in [-0.4, -0.2) is 0 Å². The Labute approximate surface area is 717 Å². The van der Waals surface area contributed by atoms with Gasteiger partial charge in [-0.25, -0.2) is 0 Å². The molecular formula is C120H98N2. The second kappa shape index (κ2) is 32.4. The molecule has 0 unspecified atom stereocenters. The van der Waals surface area contributed by atoms with Gasteiger partial charge in [0.15, 0.2) is 0 Å². The molecule has 0 atom stereocenters. The van der Waals surface area contributed by atoms with Crippen LogP contribution in [0.15, 0.2) is 431 Å². The minimum Gasteiger partial charge on any atom is -0.310 e. The zero-order valence-corrected chi connectivity index (χ0v) is 70.9. The normalized spacial score (nSPS) is 11.8. The van der Waals surface area contributed by atoms with Gasteiger partial charge in [-0.05, 0) is 289 Å². The fraction of sp³-hybridized carbons (Fsp3) is 0.100. The van der Waals surface area contributed by atoms with E-state index in [0.717, 1.165) is 34.1 Å². The summed E-state index contributed by atoms with van der Waals surface area (Å²) >= 11 is 0. The predicted molar refractivity (Wildman–Crippen MR) is 530 cm³/mol. The van der Waals surface area contributed by atoms with E-state index in [1.54, 1.807) is 0 Å². The number of rotatable bonds is 11. The fourth-order valence-corrected chi connectivity index (χ4v) is 18.0. The van der Waals surface area contributed by atoms with Gasteiger partial charge in [0.25, 0.3) is 0 Å². The van der Waals surface area contributed by atoms with Gasteiger partial charge in [0.05, 0.1) is 0 Å². The maximum absolute atomic E-state index is 2.44. The van der Waals surface area contributed by atoms with Crippen LogP contribution in [0.3, 0.4) is 0 Å². The van der Waals surface area contributed by atoms with E-state index in [0.29, 0.717) is 0 Å². The second-order valence-corrected chi connectivity index (χ2v) is 35.6. The number of hydrogen-bond acceptors (Lipinski definition) is 2. The average Bonchev–Trinajstić information content (AvgIpc) is 0.728. The lowest BCUT2D eigenvalue weighted by atomic mass is 9.81. The van der Waals surface area contributed by atoms with E-state index in [2.05, 4.69) is 503 Å². The van der Waals surface area contributed by atoms with E-state index in [9.17, 15) is 0 Å². The molecule has 0 aromatic heterocycles. The smallest absolute Gasteiger partial charge is 0.0468 e. The molecule has 0 N–H and O–H groups in total. The Morgan fingerprint density at radius 1 is 0.139 bits per heavy atom. The molecule has 21 aromatic carbocycles. The number of fused-ring (bicyclic) bond motifs is 9. The van der Waals surface area contributed by atoms with Gasteiger partial charge in [-0.3, -0.25) is 0 Å². The molecule has 2 nitrogen and oxygen atoms in total. The SMILES string of the molecule is CC(C)(C)c1ccc(-c2c3ccccc3c(-c3ccc(C(C)(C)C)cc3)c3cc4ccccc4cc23)cc1.CC(C)(C)c1ccc2c(-c3ccc4ccccc4c3)c3ccccc3c(-c3ccc4ccccc4c3)c2c1.c1ccc(N(c2ccc(-c3ccc(N(c4ccccc4)c4ccc5ccccc5c4)cc3)cc2)c2ccc3ccccc3c2)cc1. The van der Waals surface area contributed by atoms with Crippen molar-refractivity contribution in [2.45, 2.75) is 78.6 Å². The number of benzene rings is 21. The van der Waals surface area contributed by atoms with Crippen molar-refractivity contribution in [2.24, 2.45) is 0 Å². The topological polar surface area (TPSA) is 6.48 Å². The molecule has 122 heavy (non-hydrogen) atoms. The highest BCUT2D eigenvalue weighted by molar-refractivity contribution is 6.25. The quantitative estimate of drug-likeness (QED) is 0.119. The third-order valence-electron chi connectivity index (χ3n) is 24.5. The van der Waals surface area contributed by atoms with Crippen LogP contribution in [0.2, 0.25) is 0 Å². The molecule has 0 bridgehead atoms. The number of hydrogen-bond donors (Lipinski definition) is 0. The van der Waals surface area contributed by atoms with Crippen molar-refractivity contribution in [1.29, 1.82) is 0 Å². The molecule has 0 aliphatic rings. The monoisotopic (exact) mass is 1570 g/mol. The third kappa shape index (κ3) is 15.4. The Bertz CT molecular complexity index is 7150. The summed E-state index contributed by atoms with van der Waals surface area (Å²) < 4.78 is 0. The minimum absolute atomic E-state index is 0.0591. The summed E-state index contributed by atoms with van der Waals surface area (Å²) in [6, 6.07) is 157. The van der Waals surface area contributed by atoms with Crippen LogP contribution in [0.5, 0.6) is 0 Å². The van der Waals surface area contributed by atoms with Crippen LogP contribution in [0.4, 0.5) is 34.1 Å². The first-order valence-corrected chi connectivity index (χ1v) is 42.8. The van der Waals surface area contributed by atoms with Crippen molar-refractivity contribution in [3.63, 3.8) is 0 Å². The Kier molecular flexibility index (Phi) is 20.5. The molecule has 0 aliphatic heterocycles. The second-order valence-electron chi connectivity index (χ2n) is 35.6. The average molecular weight is 1570 g/mol. The Morgan fingerprint density at radius 3 is 0.713 bits per heavy atom. The third-order valence-corrected chi connectivity index (χ3v) is 24.5. The molecule has 2 heteroatoms. The summed E-state index contributed by atoms with van der Waals surface area (Å²) in [5, 5.41) is 23.0. The Hall–Kier alpha value is -14.4. The number of para-hydroxylation sites is 2. The van der Waals surface area contributed by atoms with Gasteiger partial charge in [-0.2, -0.15) is 0 Å². The van der Waals surface area contributed by atoms with E-state index in [-0.39, 0.29) is 16.2 Å². The van der Waals surface area contributed by atoms with E-state index in [1.165, 1.54) is 169 Å². The van der Waals surface area contributed by atoms with Gasteiger partial charge >= 0.3 is 0 Å². The molecule has 0 saturated carbocycles. The Morgan fingerprint density at radius 2 is 0.369 bits per heavy atom. The van der Waals surface area contributed by atoms with Gasteiger partial charge in [0.2, 0.25) is 0 Å². The highest BCUT2D eigenvalue weighted by atomic mass is 15.1. The van der Waals surface area contributed by atoms with Crippen LogP contribution in [0.25, 0.3) is 153 Å². The first-order chi connectivity index (χ1) is 59.4. The van der Waals surface area contributed by atoms with Crippen molar-refractivity contribution in [3.05, 3.63) is 447 Å². The first kappa shape index (κ1) is 77.5.